The third-order valence-corrected chi connectivity index (χ3v) is 2.89. The highest BCUT2D eigenvalue weighted by Crippen LogP contribution is 2.25. The van der Waals surface area contributed by atoms with Crippen LogP contribution in [-0.2, 0) is 6.42 Å². The van der Waals surface area contributed by atoms with Crippen molar-refractivity contribution in [1.29, 1.82) is 0 Å². The number of benzene rings is 1. The maximum atomic E-state index is 10.5. The summed E-state index contributed by atoms with van der Waals surface area (Å²) in [6, 6.07) is 5.93. The van der Waals surface area contributed by atoms with Crippen molar-refractivity contribution in [1.82, 2.24) is 5.32 Å². The molecule has 0 saturated heterocycles. The molecule has 1 unspecified atom stereocenters. The highest BCUT2D eigenvalue weighted by Gasteiger charge is 2.19. The minimum atomic E-state index is -0.972. The monoisotopic (exact) mass is 270 g/mol. The van der Waals surface area contributed by atoms with Gasteiger partial charge in [-0.05, 0) is 30.2 Å². The van der Waals surface area contributed by atoms with Crippen LogP contribution in [0.5, 0.6) is 0 Å². The van der Waals surface area contributed by atoms with Crippen molar-refractivity contribution in [2.24, 2.45) is 0 Å². The summed E-state index contributed by atoms with van der Waals surface area (Å²) in [4.78, 5) is 10.5. The van der Waals surface area contributed by atoms with E-state index in [2.05, 4.69) is 26.6 Å². The second kappa shape index (κ2) is 4.10. The molecule has 4 nitrogen and oxygen atoms in total. The first kappa shape index (κ1) is 10.3. The van der Waals surface area contributed by atoms with E-state index in [4.69, 9.17) is 5.11 Å². The molecule has 0 fully saturated rings. The van der Waals surface area contributed by atoms with Gasteiger partial charge in [-0.2, -0.15) is 0 Å². The van der Waals surface area contributed by atoms with E-state index < -0.39 is 6.09 Å². The molecule has 0 saturated carbocycles. The summed E-state index contributed by atoms with van der Waals surface area (Å²) in [5, 5.41) is 14.3. The number of anilines is 1. The lowest BCUT2D eigenvalue weighted by Crippen LogP contribution is -2.42. The third kappa shape index (κ3) is 2.41. The van der Waals surface area contributed by atoms with Crippen LogP contribution in [0, 0.1) is 0 Å². The standard InChI is InChI=1S/C10H11BrN2O2/c11-7-1-2-9-6(3-7)4-8(5-12-9)13-10(14)15/h1-3,8,12-13H,4-5H2,(H,14,15). The number of rotatable bonds is 1. The van der Waals surface area contributed by atoms with Gasteiger partial charge in [0.05, 0.1) is 6.04 Å². The number of hydrogen-bond donors (Lipinski definition) is 3. The van der Waals surface area contributed by atoms with E-state index in [-0.39, 0.29) is 6.04 Å². The molecule has 5 heteroatoms. The lowest BCUT2D eigenvalue weighted by Gasteiger charge is -2.26. The Bertz CT molecular complexity index is 395. The number of fused-ring (bicyclic) bond motifs is 1. The van der Waals surface area contributed by atoms with E-state index in [1.807, 2.05) is 18.2 Å². The summed E-state index contributed by atoms with van der Waals surface area (Å²) >= 11 is 3.40. The Morgan fingerprint density at radius 2 is 2.40 bits per heavy atom. The molecule has 3 N–H and O–H groups in total. The molecule has 15 heavy (non-hydrogen) atoms. The Hall–Kier alpha value is -1.23. The van der Waals surface area contributed by atoms with Crippen LogP contribution in [0.4, 0.5) is 10.5 Å². The first-order valence-corrected chi connectivity index (χ1v) is 5.46. The zero-order valence-corrected chi connectivity index (χ0v) is 9.54. The van der Waals surface area contributed by atoms with E-state index in [0.717, 1.165) is 22.1 Å². The zero-order chi connectivity index (χ0) is 10.8. The third-order valence-electron chi connectivity index (χ3n) is 2.40. The first-order chi connectivity index (χ1) is 7.15. The van der Waals surface area contributed by atoms with Crippen molar-refractivity contribution in [3.05, 3.63) is 28.2 Å². The number of nitrogens with one attached hydrogen (secondary N) is 2. The molecule has 1 heterocycles. The number of carbonyl (C=O) groups is 1. The van der Waals surface area contributed by atoms with E-state index in [1.54, 1.807) is 0 Å². The first-order valence-electron chi connectivity index (χ1n) is 4.67. The quantitative estimate of drug-likeness (QED) is 0.732. The average Bonchev–Trinajstić information content (AvgIpc) is 2.16. The molecule has 1 aliphatic heterocycles. The molecular weight excluding hydrogens is 260 g/mol. The SMILES string of the molecule is O=C(O)NC1CNc2ccc(Br)cc2C1. The van der Waals surface area contributed by atoms with Crippen molar-refractivity contribution in [3.63, 3.8) is 0 Å². The Labute approximate surface area is 95.8 Å². The van der Waals surface area contributed by atoms with Crippen LogP contribution in [0.15, 0.2) is 22.7 Å². The van der Waals surface area contributed by atoms with Gasteiger partial charge < -0.3 is 15.7 Å². The van der Waals surface area contributed by atoms with Crippen molar-refractivity contribution < 1.29 is 9.90 Å². The molecule has 2 rings (SSSR count). The Morgan fingerprint density at radius 3 is 3.13 bits per heavy atom. The molecule has 80 valence electrons. The largest absolute Gasteiger partial charge is 0.465 e. The molecule has 1 atom stereocenters. The molecule has 0 aliphatic carbocycles. The molecular formula is C10H11BrN2O2. The second-order valence-electron chi connectivity index (χ2n) is 3.53. The Kier molecular flexibility index (Phi) is 2.81. The molecule has 0 bridgehead atoms. The fraction of sp³-hybridized carbons (Fsp3) is 0.300. The van der Waals surface area contributed by atoms with E-state index in [0.29, 0.717) is 6.54 Å². The average molecular weight is 271 g/mol. The van der Waals surface area contributed by atoms with Gasteiger partial charge in [-0.3, -0.25) is 0 Å². The van der Waals surface area contributed by atoms with Crippen LogP contribution < -0.4 is 10.6 Å². The molecule has 1 aliphatic rings. The van der Waals surface area contributed by atoms with Gasteiger partial charge in [-0.1, -0.05) is 15.9 Å². The van der Waals surface area contributed by atoms with Crippen LogP contribution in [-0.4, -0.2) is 23.8 Å². The lowest BCUT2D eigenvalue weighted by atomic mass is 10.00. The van der Waals surface area contributed by atoms with Gasteiger partial charge in [0.25, 0.3) is 0 Å². The van der Waals surface area contributed by atoms with Crippen LogP contribution >= 0.6 is 15.9 Å². The molecule has 0 aromatic heterocycles. The summed E-state index contributed by atoms with van der Waals surface area (Å²) in [6.45, 7) is 0.640. The topological polar surface area (TPSA) is 61.4 Å². The van der Waals surface area contributed by atoms with Crippen molar-refractivity contribution in [3.8, 4) is 0 Å². The fourth-order valence-corrected chi connectivity index (χ4v) is 2.16. The predicted octanol–water partition coefficient (Wildman–Crippen LogP) is 2.05. The molecule has 1 aromatic carbocycles. The summed E-state index contributed by atoms with van der Waals surface area (Å²) < 4.78 is 1.01. The highest BCUT2D eigenvalue weighted by molar-refractivity contribution is 9.10. The van der Waals surface area contributed by atoms with Crippen LogP contribution in [0.25, 0.3) is 0 Å². The minimum Gasteiger partial charge on any atom is -0.465 e. The van der Waals surface area contributed by atoms with E-state index in [1.165, 1.54) is 0 Å². The lowest BCUT2D eigenvalue weighted by molar-refractivity contribution is 0.190. The van der Waals surface area contributed by atoms with Gasteiger partial charge in [0.15, 0.2) is 0 Å². The van der Waals surface area contributed by atoms with Crippen LogP contribution in [0.2, 0.25) is 0 Å². The summed E-state index contributed by atoms with van der Waals surface area (Å²) in [5.41, 5.74) is 2.22. The number of hydrogen-bond acceptors (Lipinski definition) is 2. The van der Waals surface area contributed by atoms with Gasteiger partial charge in [0.2, 0.25) is 0 Å². The van der Waals surface area contributed by atoms with Gasteiger partial charge in [-0.25, -0.2) is 4.79 Å². The normalized spacial score (nSPS) is 18.9. The number of halogens is 1. The number of amides is 1. The highest BCUT2D eigenvalue weighted by atomic mass is 79.9. The van der Waals surface area contributed by atoms with Gasteiger partial charge >= 0.3 is 6.09 Å². The van der Waals surface area contributed by atoms with Crippen LogP contribution in [0.3, 0.4) is 0 Å². The van der Waals surface area contributed by atoms with Crippen molar-refractivity contribution >= 4 is 27.7 Å². The van der Waals surface area contributed by atoms with Gasteiger partial charge in [0, 0.05) is 16.7 Å². The molecule has 0 spiro atoms. The van der Waals surface area contributed by atoms with E-state index >= 15 is 0 Å². The fourth-order valence-electron chi connectivity index (χ4n) is 1.75. The van der Waals surface area contributed by atoms with Gasteiger partial charge in [-0.15, -0.1) is 0 Å². The summed E-state index contributed by atoms with van der Waals surface area (Å²) in [6.07, 6.45) is -0.242. The summed E-state index contributed by atoms with van der Waals surface area (Å²) in [5.74, 6) is 0. The maximum absolute atomic E-state index is 10.5. The Morgan fingerprint density at radius 1 is 1.60 bits per heavy atom. The minimum absolute atomic E-state index is 0.0516. The van der Waals surface area contributed by atoms with Crippen molar-refractivity contribution in [2.75, 3.05) is 11.9 Å². The zero-order valence-electron chi connectivity index (χ0n) is 7.96. The van der Waals surface area contributed by atoms with Gasteiger partial charge in [0.1, 0.15) is 0 Å². The predicted molar refractivity (Wildman–Crippen MR) is 61.3 cm³/mol. The van der Waals surface area contributed by atoms with Crippen molar-refractivity contribution in [2.45, 2.75) is 12.5 Å². The molecule has 1 amide bonds. The van der Waals surface area contributed by atoms with E-state index in [9.17, 15) is 4.79 Å². The smallest absolute Gasteiger partial charge is 0.404 e. The second-order valence-corrected chi connectivity index (χ2v) is 4.45. The summed E-state index contributed by atoms with van der Waals surface area (Å²) in [7, 11) is 0. The number of carboxylic acid groups (broad SMARTS) is 1. The Balaban J connectivity index is 2.14. The maximum Gasteiger partial charge on any atom is 0.404 e. The molecule has 0 radical (unpaired) electrons. The van der Waals surface area contributed by atoms with Crippen LogP contribution in [0.1, 0.15) is 5.56 Å². The molecule has 1 aromatic rings.